The Morgan fingerprint density at radius 1 is 0.879 bits per heavy atom. The van der Waals surface area contributed by atoms with Crippen molar-refractivity contribution < 1.29 is 39.7 Å². The minimum atomic E-state index is -1.51. The normalized spacial score (nSPS) is 50.8. The van der Waals surface area contributed by atoms with Crippen LogP contribution < -0.4 is 0 Å². The van der Waals surface area contributed by atoms with E-state index in [0.29, 0.717) is 12.2 Å². The molecule has 2 unspecified atom stereocenters. The second-order valence-electron chi connectivity index (χ2n) is 11.1. The highest BCUT2D eigenvalue weighted by atomic mass is 17.3. The largest absolute Gasteiger partial charge is 0.394 e. The van der Waals surface area contributed by atoms with Gasteiger partial charge in [-0.1, -0.05) is 30.3 Å². The third kappa shape index (κ3) is 3.50. The topological polar surface area (TPSA) is 118 Å². The molecule has 33 heavy (non-hydrogen) atoms. The Labute approximate surface area is 193 Å². The number of hydrogen-bond acceptors (Lipinski definition) is 8. The smallest absolute Gasteiger partial charge is 0.230 e. The van der Waals surface area contributed by atoms with Gasteiger partial charge in [-0.2, -0.15) is 4.89 Å². The molecule has 4 saturated carbocycles. The highest BCUT2D eigenvalue weighted by Crippen LogP contribution is 2.60. The molecule has 0 spiro atoms. The van der Waals surface area contributed by atoms with Crippen LogP contribution in [-0.2, 0) is 24.8 Å². The maximum atomic E-state index is 10.9. The molecule has 4 bridgehead atoms. The zero-order valence-corrected chi connectivity index (χ0v) is 18.7. The van der Waals surface area contributed by atoms with E-state index in [0.717, 1.165) is 17.8 Å². The van der Waals surface area contributed by atoms with Crippen molar-refractivity contribution in [2.45, 2.75) is 80.9 Å². The van der Waals surface area contributed by atoms with Gasteiger partial charge < -0.3 is 29.9 Å². The van der Waals surface area contributed by atoms with Crippen molar-refractivity contribution in [3.05, 3.63) is 35.9 Å². The Balaban J connectivity index is 1.27. The summed E-state index contributed by atoms with van der Waals surface area (Å²) >= 11 is 0. The Kier molecular flexibility index (Phi) is 5.59. The Bertz CT molecular complexity index is 811. The fourth-order valence-corrected chi connectivity index (χ4v) is 7.75. The van der Waals surface area contributed by atoms with Crippen LogP contribution in [0.2, 0.25) is 0 Å². The van der Waals surface area contributed by atoms with Crippen molar-refractivity contribution in [1.82, 2.24) is 0 Å². The van der Waals surface area contributed by atoms with Crippen LogP contribution in [0.5, 0.6) is 0 Å². The molecule has 4 aliphatic carbocycles. The summed E-state index contributed by atoms with van der Waals surface area (Å²) in [7, 11) is 0. The van der Waals surface area contributed by atoms with Crippen LogP contribution in [0.1, 0.15) is 44.1 Å². The van der Waals surface area contributed by atoms with E-state index in [4.69, 9.17) is 19.2 Å². The van der Waals surface area contributed by atoms with Gasteiger partial charge in [-0.3, -0.25) is 0 Å². The van der Waals surface area contributed by atoms with Gasteiger partial charge in [0.1, 0.15) is 30.5 Å². The summed E-state index contributed by atoms with van der Waals surface area (Å²) in [6.45, 7) is 0.0442. The summed E-state index contributed by atoms with van der Waals surface area (Å²) in [6, 6.07) is 9.24. The molecule has 6 fully saturated rings. The molecule has 0 amide bonds. The quantitative estimate of drug-likeness (QED) is 0.467. The molecule has 7 atom stereocenters. The van der Waals surface area contributed by atoms with Crippen LogP contribution >= 0.6 is 0 Å². The van der Waals surface area contributed by atoms with Crippen molar-refractivity contribution in [2.24, 2.45) is 23.2 Å². The van der Waals surface area contributed by atoms with Gasteiger partial charge in [-0.15, -0.1) is 0 Å². The van der Waals surface area contributed by atoms with Gasteiger partial charge in [0, 0.05) is 0 Å². The molecular weight excluding hydrogens is 428 g/mol. The van der Waals surface area contributed by atoms with E-state index in [1.165, 1.54) is 38.5 Å². The molecule has 0 radical (unpaired) electrons. The highest BCUT2D eigenvalue weighted by molar-refractivity contribution is 5.28. The van der Waals surface area contributed by atoms with E-state index >= 15 is 0 Å². The van der Waals surface area contributed by atoms with Gasteiger partial charge in [0.25, 0.3) is 0 Å². The maximum Gasteiger partial charge on any atom is 0.230 e. The molecule has 1 aromatic carbocycles. The number of aliphatic hydroxyl groups is 4. The van der Waals surface area contributed by atoms with Crippen molar-refractivity contribution in [3.8, 4) is 0 Å². The summed E-state index contributed by atoms with van der Waals surface area (Å²) in [4.78, 5) is 11.2. The molecule has 182 valence electrons. The Morgan fingerprint density at radius 2 is 1.52 bits per heavy atom. The van der Waals surface area contributed by atoms with Crippen molar-refractivity contribution in [2.75, 3.05) is 13.2 Å². The number of ether oxygens (including phenoxy) is 2. The minimum absolute atomic E-state index is 0.158. The van der Waals surface area contributed by atoms with E-state index in [-0.39, 0.29) is 5.41 Å². The second-order valence-corrected chi connectivity index (χ2v) is 11.1. The van der Waals surface area contributed by atoms with Crippen molar-refractivity contribution >= 4 is 0 Å². The SMILES string of the molecule is OC[C@H]1O[C@@H](C2(c3ccccc3)OOC2OCC23CC4CC(CC(C4)C2)C3)[C@H](O)[C@@H](O)[C@H]1O. The average molecular weight is 463 g/mol. The lowest BCUT2D eigenvalue weighted by Crippen LogP contribution is -2.71. The predicted molar refractivity (Wildman–Crippen MR) is 114 cm³/mol. The molecule has 2 saturated heterocycles. The summed E-state index contributed by atoms with van der Waals surface area (Å²) in [5.74, 6) is 2.38. The molecule has 2 aliphatic heterocycles. The van der Waals surface area contributed by atoms with Gasteiger partial charge in [-0.25, -0.2) is 4.89 Å². The first-order valence-corrected chi connectivity index (χ1v) is 12.3. The molecule has 8 nitrogen and oxygen atoms in total. The van der Waals surface area contributed by atoms with Gasteiger partial charge in [0.05, 0.1) is 13.2 Å². The van der Waals surface area contributed by atoms with E-state index < -0.39 is 49.0 Å². The van der Waals surface area contributed by atoms with Gasteiger partial charge >= 0.3 is 0 Å². The van der Waals surface area contributed by atoms with Crippen LogP contribution in [0.4, 0.5) is 0 Å². The number of benzene rings is 1. The fourth-order valence-electron chi connectivity index (χ4n) is 7.75. The summed E-state index contributed by atoms with van der Waals surface area (Å²) < 4.78 is 12.3. The van der Waals surface area contributed by atoms with Gasteiger partial charge in [0.15, 0.2) is 0 Å². The van der Waals surface area contributed by atoms with E-state index in [1.54, 1.807) is 0 Å². The van der Waals surface area contributed by atoms with E-state index in [9.17, 15) is 20.4 Å². The first kappa shape index (κ1) is 22.4. The van der Waals surface area contributed by atoms with E-state index in [1.807, 2.05) is 30.3 Å². The molecule has 8 heteroatoms. The summed E-state index contributed by atoms with van der Waals surface area (Å²) in [5, 5.41) is 41.3. The summed E-state index contributed by atoms with van der Waals surface area (Å²) in [6.07, 6.45) is 0.194. The van der Waals surface area contributed by atoms with E-state index in [2.05, 4.69) is 0 Å². The number of hydrogen-bond donors (Lipinski definition) is 4. The Morgan fingerprint density at radius 3 is 2.06 bits per heavy atom. The molecule has 6 aliphatic rings. The molecule has 2 heterocycles. The molecule has 4 N–H and O–H groups in total. The van der Waals surface area contributed by atoms with Gasteiger partial charge in [0.2, 0.25) is 11.9 Å². The van der Waals surface area contributed by atoms with Crippen molar-refractivity contribution in [1.29, 1.82) is 0 Å². The minimum Gasteiger partial charge on any atom is -0.394 e. The zero-order chi connectivity index (χ0) is 22.8. The number of aliphatic hydroxyl groups excluding tert-OH is 4. The van der Waals surface area contributed by atoms with Crippen LogP contribution in [-0.4, -0.2) is 70.4 Å². The second kappa shape index (κ2) is 8.24. The molecule has 1 aromatic rings. The zero-order valence-electron chi connectivity index (χ0n) is 18.7. The summed E-state index contributed by atoms with van der Waals surface area (Å²) in [5.41, 5.74) is -0.501. The lowest BCUT2D eigenvalue weighted by atomic mass is 9.50. The monoisotopic (exact) mass is 462 g/mol. The molecular formula is C25H34O8. The molecule has 0 aromatic heterocycles. The highest BCUT2D eigenvalue weighted by Gasteiger charge is 2.66. The standard InChI is InChI=1S/C25H34O8/c26-12-18-19(27)20(28)21(29)22(31-18)25(17-4-2-1-3-5-17)23(32-33-25)30-13-24-9-14-6-15(10-24)8-16(7-14)11-24/h1-5,14-16,18-23,26-29H,6-13H2/t14?,15?,16?,18-,19+,20+,21-,22-,23?,24?,25?/m1/s1. The fraction of sp³-hybridized carbons (Fsp3) is 0.760. The third-order valence-corrected chi connectivity index (χ3v) is 8.87. The van der Waals surface area contributed by atoms with Crippen LogP contribution in [0, 0.1) is 23.2 Å². The lowest BCUT2D eigenvalue weighted by molar-refractivity contribution is -0.589. The Hall–Kier alpha value is -1.10. The van der Waals surface area contributed by atoms with Crippen LogP contribution in [0.3, 0.4) is 0 Å². The molecule has 7 rings (SSSR count). The first-order valence-electron chi connectivity index (χ1n) is 12.3. The third-order valence-electron chi connectivity index (χ3n) is 8.87. The van der Waals surface area contributed by atoms with Gasteiger partial charge in [-0.05, 0) is 67.3 Å². The average Bonchev–Trinajstić information content (AvgIpc) is 2.78. The number of rotatable bonds is 6. The lowest BCUT2D eigenvalue weighted by Gasteiger charge is -2.58. The maximum absolute atomic E-state index is 10.9. The van der Waals surface area contributed by atoms with Crippen molar-refractivity contribution in [3.63, 3.8) is 0 Å². The van der Waals surface area contributed by atoms with Crippen LogP contribution in [0.15, 0.2) is 30.3 Å². The van der Waals surface area contributed by atoms with Crippen LogP contribution in [0.25, 0.3) is 0 Å². The first-order chi connectivity index (χ1) is 15.9. The predicted octanol–water partition coefficient (Wildman–Crippen LogP) is 1.25.